The summed E-state index contributed by atoms with van der Waals surface area (Å²) < 4.78 is 25.6. The lowest BCUT2D eigenvalue weighted by atomic mass is 10.00. The summed E-state index contributed by atoms with van der Waals surface area (Å²) in [4.78, 5) is 0. The molecule has 1 unspecified atom stereocenters. The monoisotopic (exact) mass is 235 g/mol. The highest BCUT2D eigenvalue weighted by Crippen LogP contribution is 2.27. The summed E-state index contributed by atoms with van der Waals surface area (Å²) in [5, 5.41) is 10.0. The molecular weight excluding hydrogens is 224 g/mol. The van der Waals surface area contributed by atoms with Gasteiger partial charge in [0.2, 0.25) is 0 Å². The third kappa shape index (κ3) is 2.42. The first-order valence-electron chi connectivity index (χ1n) is 5.06. The number of nitrogens with two attached hydrogens (primary N) is 1. The summed E-state index contributed by atoms with van der Waals surface area (Å²) >= 11 is 0. The first kappa shape index (κ1) is 11.5. The van der Waals surface area contributed by atoms with E-state index in [1.165, 1.54) is 36.4 Å². The third-order valence-corrected chi connectivity index (χ3v) is 2.53. The normalized spacial score (nSPS) is 12.4. The average Bonchev–Trinajstić information content (AvgIpc) is 2.29. The van der Waals surface area contributed by atoms with Crippen LogP contribution in [0.4, 0.5) is 14.5 Å². The zero-order chi connectivity index (χ0) is 12.4. The molecule has 3 N–H and O–H groups in total. The number of benzene rings is 2. The maximum atomic E-state index is 12.9. The van der Waals surface area contributed by atoms with Crippen LogP contribution in [0.2, 0.25) is 0 Å². The molecule has 0 spiro atoms. The maximum Gasteiger partial charge on any atom is 0.125 e. The van der Waals surface area contributed by atoms with Crippen LogP contribution in [-0.4, -0.2) is 5.11 Å². The van der Waals surface area contributed by atoms with Gasteiger partial charge in [0.25, 0.3) is 0 Å². The summed E-state index contributed by atoms with van der Waals surface area (Å²) in [6.45, 7) is 0. The highest BCUT2D eigenvalue weighted by atomic mass is 19.1. The Balaban J connectivity index is 2.36. The Labute approximate surface area is 97.3 Å². The predicted molar refractivity (Wildman–Crippen MR) is 61.3 cm³/mol. The van der Waals surface area contributed by atoms with E-state index in [2.05, 4.69) is 0 Å². The molecule has 1 atom stereocenters. The van der Waals surface area contributed by atoms with E-state index >= 15 is 0 Å². The molecule has 0 radical (unpaired) electrons. The number of rotatable bonds is 2. The lowest BCUT2D eigenvalue weighted by Gasteiger charge is -2.13. The van der Waals surface area contributed by atoms with Crippen molar-refractivity contribution in [1.82, 2.24) is 0 Å². The van der Waals surface area contributed by atoms with E-state index in [0.717, 1.165) is 6.07 Å². The fraction of sp³-hybridized carbons (Fsp3) is 0.0769. The van der Waals surface area contributed by atoms with Crippen molar-refractivity contribution in [2.24, 2.45) is 0 Å². The molecule has 0 bridgehead atoms. The summed E-state index contributed by atoms with van der Waals surface area (Å²) in [5.74, 6) is -0.842. The van der Waals surface area contributed by atoms with Crippen LogP contribution in [0.5, 0.6) is 0 Å². The Kier molecular flexibility index (Phi) is 3.06. The van der Waals surface area contributed by atoms with Crippen LogP contribution in [0.15, 0.2) is 42.5 Å². The smallest absolute Gasteiger partial charge is 0.125 e. The second kappa shape index (κ2) is 4.51. The van der Waals surface area contributed by atoms with E-state index in [4.69, 9.17) is 5.73 Å². The molecule has 0 aromatic heterocycles. The van der Waals surface area contributed by atoms with E-state index in [1.54, 1.807) is 0 Å². The van der Waals surface area contributed by atoms with E-state index in [-0.39, 0.29) is 11.5 Å². The summed E-state index contributed by atoms with van der Waals surface area (Å²) in [5.41, 5.74) is 6.69. The highest BCUT2D eigenvalue weighted by molar-refractivity contribution is 5.50. The number of nitrogen functional groups attached to an aromatic ring is 1. The minimum atomic E-state index is -0.990. The lowest BCUT2D eigenvalue weighted by molar-refractivity contribution is 0.221. The van der Waals surface area contributed by atoms with Crippen LogP contribution in [0.3, 0.4) is 0 Å². The molecule has 0 saturated carbocycles. The second-order valence-corrected chi connectivity index (χ2v) is 3.73. The standard InChI is InChI=1S/C13H11F2NO/c14-9-3-1-8(2-4-9)13(17)11-6-5-10(15)7-12(11)16/h1-7,13,17H,16H2. The van der Waals surface area contributed by atoms with Gasteiger partial charge in [0.15, 0.2) is 0 Å². The molecule has 2 aromatic carbocycles. The number of halogens is 2. The van der Waals surface area contributed by atoms with Gasteiger partial charge in [-0.3, -0.25) is 0 Å². The van der Waals surface area contributed by atoms with E-state index < -0.39 is 11.9 Å². The Morgan fingerprint density at radius 1 is 0.941 bits per heavy atom. The van der Waals surface area contributed by atoms with E-state index in [0.29, 0.717) is 11.1 Å². The Morgan fingerprint density at radius 3 is 2.12 bits per heavy atom. The van der Waals surface area contributed by atoms with Crippen LogP contribution in [-0.2, 0) is 0 Å². The van der Waals surface area contributed by atoms with Crippen molar-refractivity contribution >= 4 is 5.69 Å². The van der Waals surface area contributed by atoms with Gasteiger partial charge in [-0.15, -0.1) is 0 Å². The Morgan fingerprint density at radius 2 is 1.53 bits per heavy atom. The van der Waals surface area contributed by atoms with Crippen molar-refractivity contribution in [3.8, 4) is 0 Å². The molecule has 0 amide bonds. The maximum absolute atomic E-state index is 12.9. The number of anilines is 1. The second-order valence-electron chi connectivity index (χ2n) is 3.73. The zero-order valence-corrected chi connectivity index (χ0v) is 8.90. The number of hydrogen-bond donors (Lipinski definition) is 2. The molecule has 0 saturated heterocycles. The van der Waals surface area contributed by atoms with Crippen molar-refractivity contribution in [1.29, 1.82) is 0 Å². The molecular formula is C13H11F2NO. The molecule has 0 aliphatic heterocycles. The zero-order valence-electron chi connectivity index (χ0n) is 8.90. The molecule has 4 heteroatoms. The first-order valence-corrected chi connectivity index (χ1v) is 5.06. The van der Waals surface area contributed by atoms with E-state index in [9.17, 15) is 13.9 Å². The molecule has 2 rings (SSSR count). The Hall–Kier alpha value is -1.94. The van der Waals surface area contributed by atoms with Gasteiger partial charge >= 0.3 is 0 Å². The molecule has 2 aromatic rings. The largest absolute Gasteiger partial charge is 0.398 e. The average molecular weight is 235 g/mol. The van der Waals surface area contributed by atoms with Gasteiger partial charge in [0.1, 0.15) is 17.7 Å². The van der Waals surface area contributed by atoms with Crippen molar-refractivity contribution in [3.05, 3.63) is 65.2 Å². The van der Waals surface area contributed by atoms with Gasteiger partial charge in [0.05, 0.1) is 0 Å². The highest BCUT2D eigenvalue weighted by Gasteiger charge is 2.13. The minimum Gasteiger partial charge on any atom is -0.398 e. The first-order chi connectivity index (χ1) is 8.08. The minimum absolute atomic E-state index is 0.168. The van der Waals surface area contributed by atoms with Gasteiger partial charge in [-0.1, -0.05) is 18.2 Å². The van der Waals surface area contributed by atoms with Gasteiger partial charge in [-0.25, -0.2) is 8.78 Å². The molecule has 0 fully saturated rings. The van der Waals surface area contributed by atoms with Gasteiger partial charge in [-0.05, 0) is 29.8 Å². The van der Waals surface area contributed by atoms with Crippen LogP contribution < -0.4 is 5.73 Å². The fourth-order valence-corrected chi connectivity index (χ4v) is 1.62. The third-order valence-electron chi connectivity index (χ3n) is 2.53. The molecule has 0 heterocycles. The van der Waals surface area contributed by atoms with Crippen LogP contribution >= 0.6 is 0 Å². The van der Waals surface area contributed by atoms with Crippen molar-refractivity contribution in [3.63, 3.8) is 0 Å². The number of aliphatic hydroxyl groups excluding tert-OH is 1. The number of hydrogen-bond acceptors (Lipinski definition) is 2. The SMILES string of the molecule is Nc1cc(F)ccc1C(O)c1ccc(F)cc1. The van der Waals surface area contributed by atoms with Crippen LogP contribution in [0, 0.1) is 11.6 Å². The van der Waals surface area contributed by atoms with Gasteiger partial charge in [-0.2, -0.15) is 0 Å². The molecule has 88 valence electrons. The van der Waals surface area contributed by atoms with Crippen molar-refractivity contribution < 1.29 is 13.9 Å². The molecule has 2 nitrogen and oxygen atoms in total. The lowest BCUT2D eigenvalue weighted by Crippen LogP contribution is -2.04. The predicted octanol–water partition coefficient (Wildman–Crippen LogP) is 2.63. The number of aliphatic hydroxyl groups is 1. The van der Waals surface area contributed by atoms with Gasteiger partial charge in [0, 0.05) is 11.3 Å². The molecule has 0 aliphatic carbocycles. The topological polar surface area (TPSA) is 46.2 Å². The van der Waals surface area contributed by atoms with Crippen molar-refractivity contribution in [2.75, 3.05) is 5.73 Å². The van der Waals surface area contributed by atoms with Crippen molar-refractivity contribution in [2.45, 2.75) is 6.10 Å². The molecule has 0 aliphatic rings. The summed E-state index contributed by atoms with van der Waals surface area (Å²) in [6, 6.07) is 9.20. The quantitative estimate of drug-likeness (QED) is 0.786. The molecule has 17 heavy (non-hydrogen) atoms. The van der Waals surface area contributed by atoms with Crippen LogP contribution in [0.25, 0.3) is 0 Å². The van der Waals surface area contributed by atoms with Gasteiger partial charge < -0.3 is 10.8 Å². The summed E-state index contributed by atoms with van der Waals surface area (Å²) in [7, 11) is 0. The van der Waals surface area contributed by atoms with Crippen LogP contribution in [0.1, 0.15) is 17.2 Å². The Bertz CT molecular complexity index is 525. The van der Waals surface area contributed by atoms with E-state index in [1.807, 2.05) is 0 Å². The fourth-order valence-electron chi connectivity index (χ4n) is 1.62. The summed E-state index contributed by atoms with van der Waals surface area (Å²) in [6.07, 6.45) is -0.990.